The molecule has 1 aromatic carbocycles. The van der Waals surface area contributed by atoms with Gasteiger partial charge in [-0.2, -0.15) is 11.8 Å². The van der Waals surface area contributed by atoms with Crippen LogP contribution in [0, 0.1) is 0 Å². The Morgan fingerprint density at radius 1 is 1.20 bits per heavy atom. The van der Waals surface area contributed by atoms with E-state index in [-0.39, 0.29) is 5.91 Å². The van der Waals surface area contributed by atoms with Crippen molar-refractivity contribution in [2.45, 2.75) is 76.1 Å². The van der Waals surface area contributed by atoms with E-state index in [2.05, 4.69) is 11.4 Å². The lowest BCUT2D eigenvalue weighted by atomic mass is 9.91. The maximum Gasteiger partial charge on any atom is 0.260 e. The van der Waals surface area contributed by atoms with Crippen LogP contribution < -0.4 is 10.1 Å². The second kappa shape index (κ2) is 9.51. The van der Waals surface area contributed by atoms with Crippen molar-refractivity contribution < 1.29 is 9.53 Å². The zero-order valence-electron chi connectivity index (χ0n) is 15.4. The molecule has 2 aliphatic carbocycles. The Labute approximate surface area is 156 Å². The number of aryl methyl sites for hydroxylation is 1. The van der Waals surface area contributed by atoms with Crippen molar-refractivity contribution in [3.8, 4) is 5.75 Å². The Hall–Kier alpha value is -1.16. The first kappa shape index (κ1) is 18.6. The van der Waals surface area contributed by atoms with Crippen LogP contribution in [0.25, 0.3) is 0 Å². The molecule has 2 aliphatic rings. The Morgan fingerprint density at radius 3 is 2.84 bits per heavy atom. The van der Waals surface area contributed by atoms with Crippen LogP contribution in [0.2, 0.25) is 0 Å². The summed E-state index contributed by atoms with van der Waals surface area (Å²) in [5, 5.41) is 3.84. The van der Waals surface area contributed by atoms with E-state index in [1.165, 1.54) is 56.1 Å². The fraction of sp³-hybridized carbons (Fsp3) is 0.667. The quantitative estimate of drug-likeness (QED) is 0.726. The standard InChI is InChI=1S/C21H31NO2S/c1-16(21(23)22-14-15-25-18-10-3-2-4-11-18)24-20-13-7-9-17-8-5-6-12-19(17)20/h7,9,13,16,18H,2-6,8,10-12,14-15H2,1H3,(H,22,23). The molecule has 0 aliphatic heterocycles. The fourth-order valence-corrected chi connectivity index (χ4v) is 5.10. The van der Waals surface area contributed by atoms with Crippen LogP contribution >= 0.6 is 11.8 Å². The highest BCUT2D eigenvalue weighted by atomic mass is 32.2. The molecule has 1 fully saturated rings. The van der Waals surface area contributed by atoms with Gasteiger partial charge in [-0.25, -0.2) is 0 Å². The summed E-state index contributed by atoms with van der Waals surface area (Å²) in [4.78, 5) is 12.3. The third-order valence-corrected chi connectivity index (χ3v) is 6.72. The van der Waals surface area contributed by atoms with Gasteiger partial charge in [-0.15, -0.1) is 0 Å². The Bertz CT molecular complexity index is 569. The van der Waals surface area contributed by atoms with Gasteiger partial charge < -0.3 is 10.1 Å². The normalized spacial score (nSPS) is 19.1. The van der Waals surface area contributed by atoms with Crippen molar-refractivity contribution in [1.29, 1.82) is 0 Å². The van der Waals surface area contributed by atoms with E-state index < -0.39 is 6.10 Å². The minimum Gasteiger partial charge on any atom is -0.481 e. The average molecular weight is 362 g/mol. The van der Waals surface area contributed by atoms with Crippen molar-refractivity contribution in [1.82, 2.24) is 5.32 Å². The van der Waals surface area contributed by atoms with Crippen LogP contribution in [-0.4, -0.2) is 29.6 Å². The van der Waals surface area contributed by atoms with E-state index in [1.54, 1.807) is 0 Å². The molecule has 138 valence electrons. The van der Waals surface area contributed by atoms with Gasteiger partial charge in [-0.1, -0.05) is 31.4 Å². The van der Waals surface area contributed by atoms with Crippen molar-refractivity contribution in [3.05, 3.63) is 29.3 Å². The van der Waals surface area contributed by atoms with Gasteiger partial charge in [0.1, 0.15) is 5.75 Å². The van der Waals surface area contributed by atoms with Gasteiger partial charge in [0, 0.05) is 17.5 Å². The first-order valence-corrected chi connectivity index (χ1v) is 11.0. The molecule has 25 heavy (non-hydrogen) atoms. The van der Waals surface area contributed by atoms with E-state index in [0.717, 1.165) is 36.1 Å². The summed E-state index contributed by atoms with van der Waals surface area (Å²) in [6.07, 6.45) is 11.1. The monoisotopic (exact) mass is 361 g/mol. The third kappa shape index (κ3) is 5.40. The highest BCUT2D eigenvalue weighted by Crippen LogP contribution is 2.30. The number of fused-ring (bicyclic) bond motifs is 1. The molecule has 0 spiro atoms. The number of nitrogens with one attached hydrogen (secondary N) is 1. The number of hydrogen-bond donors (Lipinski definition) is 1. The van der Waals surface area contributed by atoms with Gasteiger partial charge in [0.2, 0.25) is 0 Å². The summed E-state index contributed by atoms with van der Waals surface area (Å²) < 4.78 is 6.00. The summed E-state index contributed by atoms with van der Waals surface area (Å²) in [5.41, 5.74) is 2.70. The predicted octanol–water partition coefficient (Wildman–Crippen LogP) is 4.51. The first-order chi connectivity index (χ1) is 12.2. The zero-order chi connectivity index (χ0) is 17.5. The van der Waals surface area contributed by atoms with Crippen LogP contribution in [-0.2, 0) is 17.6 Å². The third-order valence-electron chi connectivity index (χ3n) is 5.33. The number of carbonyl (C=O) groups excluding carboxylic acids is 1. The Balaban J connectivity index is 1.42. The zero-order valence-corrected chi connectivity index (χ0v) is 16.2. The highest BCUT2D eigenvalue weighted by Gasteiger charge is 2.19. The Kier molecular flexibility index (Phi) is 7.09. The fourth-order valence-electron chi connectivity index (χ4n) is 3.88. The van der Waals surface area contributed by atoms with Crippen LogP contribution in [0.5, 0.6) is 5.75 Å². The SMILES string of the molecule is CC(Oc1cccc2c1CCCC2)C(=O)NCCSC1CCCCC1. The van der Waals surface area contributed by atoms with Crippen molar-refractivity contribution in [3.63, 3.8) is 0 Å². The lowest BCUT2D eigenvalue weighted by Crippen LogP contribution is -2.37. The molecule has 0 radical (unpaired) electrons. The van der Waals surface area contributed by atoms with Crippen molar-refractivity contribution >= 4 is 17.7 Å². The number of ether oxygens (including phenoxy) is 1. The Morgan fingerprint density at radius 2 is 2.00 bits per heavy atom. The number of hydrogen-bond acceptors (Lipinski definition) is 3. The van der Waals surface area contributed by atoms with E-state index in [0.29, 0.717) is 0 Å². The van der Waals surface area contributed by atoms with Gasteiger partial charge >= 0.3 is 0 Å². The molecule has 1 amide bonds. The van der Waals surface area contributed by atoms with Crippen LogP contribution in [0.15, 0.2) is 18.2 Å². The predicted molar refractivity (Wildman–Crippen MR) is 106 cm³/mol. The summed E-state index contributed by atoms with van der Waals surface area (Å²) in [6, 6.07) is 6.24. The molecule has 0 bridgehead atoms. The summed E-state index contributed by atoms with van der Waals surface area (Å²) >= 11 is 2.02. The van der Waals surface area contributed by atoms with E-state index in [1.807, 2.05) is 30.8 Å². The molecular weight excluding hydrogens is 330 g/mol. The van der Waals surface area contributed by atoms with Gasteiger partial charge in [0.05, 0.1) is 0 Å². The summed E-state index contributed by atoms with van der Waals surface area (Å²) in [7, 11) is 0. The minimum absolute atomic E-state index is 0.00217. The molecule has 1 saturated carbocycles. The molecule has 0 aromatic heterocycles. The summed E-state index contributed by atoms with van der Waals surface area (Å²) in [5.74, 6) is 1.90. The maximum atomic E-state index is 12.3. The smallest absolute Gasteiger partial charge is 0.260 e. The molecule has 4 heteroatoms. The molecular formula is C21H31NO2S. The largest absolute Gasteiger partial charge is 0.481 e. The molecule has 0 heterocycles. The van der Waals surface area contributed by atoms with E-state index >= 15 is 0 Å². The molecule has 1 atom stereocenters. The second-order valence-electron chi connectivity index (χ2n) is 7.28. The number of amides is 1. The van der Waals surface area contributed by atoms with Gasteiger partial charge in [-0.05, 0) is 62.6 Å². The lowest BCUT2D eigenvalue weighted by molar-refractivity contribution is -0.127. The molecule has 1 unspecified atom stereocenters. The summed E-state index contributed by atoms with van der Waals surface area (Å²) in [6.45, 7) is 2.59. The average Bonchev–Trinajstić information content (AvgIpc) is 2.66. The number of thioether (sulfide) groups is 1. The molecule has 3 nitrogen and oxygen atoms in total. The highest BCUT2D eigenvalue weighted by molar-refractivity contribution is 7.99. The maximum absolute atomic E-state index is 12.3. The second-order valence-corrected chi connectivity index (χ2v) is 8.69. The van der Waals surface area contributed by atoms with Crippen molar-refractivity contribution in [2.75, 3.05) is 12.3 Å². The van der Waals surface area contributed by atoms with Crippen LogP contribution in [0.4, 0.5) is 0 Å². The van der Waals surface area contributed by atoms with Gasteiger partial charge in [-0.3, -0.25) is 4.79 Å². The van der Waals surface area contributed by atoms with Crippen LogP contribution in [0.1, 0.15) is 63.0 Å². The number of rotatable bonds is 7. The number of benzene rings is 1. The van der Waals surface area contributed by atoms with E-state index in [9.17, 15) is 4.79 Å². The lowest BCUT2D eigenvalue weighted by Gasteiger charge is -2.22. The van der Waals surface area contributed by atoms with E-state index in [4.69, 9.17) is 4.74 Å². The van der Waals surface area contributed by atoms with Crippen LogP contribution in [0.3, 0.4) is 0 Å². The topological polar surface area (TPSA) is 38.3 Å². The molecule has 3 rings (SSSR count). The van der Waals surface area contributed by atoms with Gasteiger partial charge in [0.25, 0.3) is 5.91 Å². The minimum atomic E-state index is -0.437. The van der Waals surface area contributed by atoms with Gasteiger partial charge in [0.15, 0.2) is 6.10 Å². The molecule has 1 aromatic rings. The molecule has 0 saturated heterocycles. The molecule has 1 N–H and O–H groups in total. The number of carbonyl (C=O) groups is 1. The van der Waals surface area contributed by atoms with Crippen molar-refractivity contribution in [2.24, 2.45) is 0 Å². The first-order valence-electron chi connectivity index (χ1n) is 9.91.